The average Bonchev–Trinajstić information content (AvgIpc) is 2.97. The van der Waals surface area contributed by atoms with Crippen molar-refractivity contribution >= 4 is 17.8 Å². The molecule has 6 nitrogen and oxygen atoms in total. The van der Waals surface area contributed by atoms with E-state index in [0.717, 1.165) is 19.5 Å². The summed E-state index contributed by atoms with van der Waals surface area (Å²) in [4.78, 5) is 29.1. The van der Waals surface area contributed by atoms with Gasteiger partial charge >= 0.3 is 11.8 Å². The molecule has 6 heteroatoms. The lowest BCUT2D eigenvalue weighted by atomic mass is 10.1. The van der Waals surface area contributed by atoms with Gasteiger partial charge in [0.1, 0.15) is 0 Å². The highest BCUT2D eigenvalue weighted by atomic mass is 16.2. The Morgan fingerprint density at radius 2 is 1.86 bits per heavy atom. The fourth-order valence-corrected chi connectivity index (χ4v) is 2.79. The Bertz CT molecular complexity index is 567. The Kier molecular flexibility index (Phi) is 3.70. The van der Waals surface area contributed by atoms with Crippen LogP contribution in [0.5, 0.6) is 0 Å². The molecule has 0 saturated carbocycles. The number of carbonyl (C=O) groups is 2. The molecule has 2 heterocycles. The van der Waals surface area contributed by atoms with Crippen molar-refractivity contribution < 1.29 is 9.59 Å². The summed E-state index contributed by atoms with van der Waals surface area (Å²) in [6, 6.07) is 10.7. The lowest BCUT2D eigenvalue weighted by Gasteiger charge is -2.23. The zero-order chi connectivity index (χ0) is 14.8. The van der Waals surface area contributed by atoms with E-state index in [4.69, 9.17) is 0 Å². The van der Waals surface area contributed by atoms with Crippen molar-refractivity contribution in [2.45, 2.75) is 32.0 Å². The van der Waals surface area contributed by atoms with Gasteiger partial charge < -0.3 is 0 Å². The fraction of sp³-hybridized carbons (Fsp3) is 0.400. The van der Waals surface area contributed by atoms with Crippen molar-refractivity contribution in [1.82, 2.24) is 15.5 Å². The number of hydrogen-bond acceptors (Lipinski definition) is 4. The van der Waals surface area contributed by atoms with Crippen molar-refractivity contribution in [3.05, 3.63) is 35.9 Å². The van der Waals surface area contributed by atoms with Crippen molar-refractivity contribution in [2.75, 3.05) is 6.54 Å². The summed E-state index contributed by atoms with van der Waals surface area (Å²) in [5, 5.41) is 4.89. The monoisotopic (exact) mass is 286 g/mol. The van der Waals surface area contributed by atoms with Crippen molar-refractivity contribution in [2.24, 2.45) is 4.99 Å². The molecule has 0 spiro atoms. The minimum atomic E-state index is -0.638. The maximum absolute atomic E-state index is 11.1. The van der Waals surface area contributed by atoms with Crippen LogP contribution in [0.15, 0.2) is 35.3 Å². The van der Waals surface area contributed by atoms with E-state index in [9.17, 15) is 9.59 Å². The lowest BCUT2D eigenvalue weighted by molar-refractivity contribution is -0.135. The minimum absolute atomic E-state index is 0.0856. The molecule has 2 aliphatic heterocycles. The highest BCUT2D eigenvalue weighted by Gasteiger charge is 2.33. The summed E-state index contributed by atoms with van der Waals surface area (Å²) in [7, 11) is 0. The summed E-state index contributed by atoms with van der Waals surface area (Å²) in [5.41, 5.74) is 1.28. The number of likely N-dealkylation sites (tertiary alicyclic amines) is 1. The van der Waals surface area contributed by atoms with Crippen LogP contribution >= 0.6 is 0 Å². The summed E-state index contributed by atoms with van der Waals surface area (Å²) in [6.07, 6.45) is 0.920. The van der Waals surface area contributed by atoms with Gasteiger partial charge in [-0.05, 0) is 18.9 Å². The maximum atomic E-state index is 11.1. The molecule has 3 rings (SSSR count). The van der Waals surface area contributed by atoms with Crippen LogP contribution in [0.4, 0.5) is 0 Å². The second kappa shape index (κ2) is 5.65. The quantitative estimate of drug-likeness (QED) is 0.782. The van der Waals surface area contributed by atoms with Gasteiger partial charge in [0.2, 0.25) is 5.96 Å². The predicted molar refractivity (Wildman–Crippen MR) is 78.4 cm³/mol. The van der Waals surface area contributed by atoms with Gasteiger partial charge in [0.25, 0.3) is 0 Å². The molecule has 0 bridgehead atoms. The molecule has 1 aromatic rings. The normalized spacial score (nSPS) is 25.9. The Morgan fingerprint density at radius 1 is 1.19 bits per heavy atom. The minimum Gasteiger partial charge on any atom is -0.294 e. The molecular weight excluding hydrogens is 268 g/mol. The van der Waals surface area contributed by atoms with Crippen LogP contribution in [0.2, 0.25) is 0 Å². The Hall–Kier alpha value is -2.21. The van der Waals surface area contributed by atoms with Gasteiger partial charge in [-0.1, -0.05) is 30.3 Å². The van der Waals surface area contributed by atoms with Gasteiger partial charge in [-0.15, -0.1) is 0 Å². The first-order valence-corrected chi connectivity index (χ1v) is 7.11. The van der Waals surface area contributed by atoms with E-state index in [1.807, 2.05) is 18.2 Å². The summed E-state index contributed by atoms with van der Waals surface area (Å²) in [5.74, 6) is -0.996. The summed E-state index contributed by atoms with van der Waals surface area (Å²) >= 11 is 0. The number of benzene rings is 1. The largest absolute Gasteiger partial charge is 0.316 e. The Balaban J connectivity index is 1.64. The van der Waals surface area contributed by atoms with E-state index in [0.29, 0.717) is 0 Å². The van der Waals surface area contributed by atoms with Gasteiger partial charge in [0.05, 0.1) is 6.04 Å². The average molecular weight is 286 g/mol. The van der Waals surface area contributed by atoms with Crippen LogP contribution in [0, 0.1) is 0 Å². The van der Waals surface area contributed by atoms with Crippen molar-refractivity contribution in [3.8, 4) is 0 Å². The first-order chi connectivity index (χ1) is 10.1. The van der Waals surface area contributed by atoms with Crippen LogP contribution in [-0.4, -0.2) is 41.3 Å². The molecule has 2 aliphatic rings. The molecule has 2 fully saturated rings. The number of hydrogen-bond donors (Lipinski definition) is 2. The molecular formula is C15H18N4O2. The molecule has 2 saturated heterocycles. The van der Waals surface area contributed by atoms with E-state index in [2.05, 4.69) is 39.6 Å². The van der Waals surface area contributed by atoms with Crippen LogP contribution in [0.1, 0.15) is 18.9 Å². The van der Waals surface area contributed by atoms with E-state index < -0.39 is 11.8 Å². The van der Waals surface area contributed by atoms with E-state index in [1.165, 1.54) is 5.56 Å². The number of rotatable bonds is 3. The van der Waals surface area contributed by atoms with Crippen LogP contribution in [-0.2, 0) is 16.1 Å². The third-order valence-corrected chi connectivity index (χ3v) is 4.04. The lowest BCUT2D eigenvalue weighted by Crippen LogP contribution is -2.34. The molecule has 0 radical (unpaired) electrons. The third-order valence-electron chi connectivity index (χ3n) is 4.04. The second-order valence-corrected chi connectivity index (χ2v) is 5.44. The van der Waals surface area contributed by atoms with Gasteiger partial charge in [-0.25, -0.2) is 4.99 Å². The fourth-order valence-electron chi connectivity index (χ4n) is 2.79. The number of amides is 2. The smallest absolute Gasteiger partial charge is 0.294 e. The highest BCUT2D eigenvalue weighted by Crippen LogP contribution is 2.22. The van der Waals surface area contributed by atoms with E-state index in [1.54, 1.807) is 0 Å². The SMILES string of the molecule is CC1C(N=C2NC(=O)C(=O)N2)CCN1Cc1ccccc1. The van der Waals surface area contributed by atoms with Crippen LogP contribution in [0.3, 0.4) is 0 Å². The highest BCUT2D eigenvalue weighted by molar-refractivity contribution is 6.45. The summed E-state index contributed by atoms with van der Waals surface area (Å²) in [6.45, 7) is 3.98. The molecule has 110 valence electrons. The van der Waals surface area contributed by atoms with Gasteiger partial charge in [0, 0.05) is 19.1 Å². The first kappa shape index (κ1) is 13.8. The number of aliphatic imine (C=N–C) groups is 1. The van der Waals surface area contributed by atoms with Gasteiger partial charge in [0.15, 0.2) is 0 Å². The summed E-state index contributed by atoms with van der Waals surface area (Å²) < 4.78 is 0. The Morgan fingerprint density at radius 3 is 2.52 bits per heavy atom. The van der Waals surface area contributed by atoms with Crippen molar-refractivity contribution in [1.29, 1.82) is 0 Å². The Labute approximate surface area is 123 Å². The van der Waals surface area contributed by atoms with Gasteiger partial charge in [-0.3, -0.25) is 25.1 Å². The third kappa shape index (κ3) is 2.95. The van der Waals surface area contributed by atoms with E-state index >= 15 is 0 Å². The topological polar surface area (TPSA) is 73.8 Å². The number of carbonyl (C=O) groups excluding carboxylic acids is 2. The zero-order valence-electron chi connectivity index (χ0n) is 11.9. The predicted octanol–water partition coefficient (Wildman–Crippen LogP) is 0.251. The van der Waals surface area contributed by atoms with E-state index in [-0.39, 0.29) is 18.0 Å². The van der Waals surface area contributed by atoms with Gasteiger partial charge in [-0.2, -0.15) is 0 Å². The second-order valence-electron chi connectivity index (χ2n) is 5.44. The van der Waals surface area contributed by atoms with Crippen molar-refractivity contribution in [3.63, 3.8) is 0 Å². The molecule has 2 unspecified atom stereocenters. The maximum Gasteiger partial charge on any atom is 0.316 e. The molecule has 0 aromatic heterocycles. The van der Waals surface area contributed by atoms with Crippen LogP contribution < -0.4 is 10.6 Å². The zero-order valence-corrected chi connectivity index (χ0v) is 11.9. The molecule has 2 amide bonds. The molecule has 2 N–H and O–H groups in total. The molecule has 0 aliphatic carbocycles. The number of guanidine groups is 1. The number of nitrogens with zero attached hydrogens (tertiary/aromatic N) is 2. The first-order valence-electron chi connectivity index (χ1n) is 7.11. The molecule has 21 heavy (non-hydrogen) atoms. The standard InChI is InChI=1S/C15H18N4O2/c1-10-12(16-15-17-13(20)14(21)18-15)7-8-19(10)9-11-5-3-2-4-6-11/h2-6,10,12H,7-9H2,1H3,(H2,16,17,18,20,21). The number of nitrogens with one attached hydrogen (secondary N) is 2. The van der Waals surface area contributed by atoms with Crippen LogP contribution in [0.25, 0.3) is 0 Å². The molecule has 2 atom stereocenters. The molecule has 1 aromatic carbocycles.